The molecule has 2 atom stereocenters. The first-order valence-electron chi connectivity index (χ1n) is 7.40. The van der Waals surface area contributed by atoms with Crippen LogP contribution >= 0.6 is 0 Å². The Balaban J connectivity index is 2.38. The SMILES string of the molecule is CCC(C)C(O)CNc1cc(C)nc2c([N+](=O)[O-])cccc12. The van der Waals surface area contributed by atoms with Crippen LogP contribution < -0.4 is 5.32 Å². The minimum atomic E-state index is -0.466. The lowest BCUT2D eigenvalue weighted by atomic mass is 10.0. The Labute approximate surface area is 129 Å². The number of aryl methyl sites for hydroxylation is 1. The summed E-state index contributed by atoms with van der Waals surface area (Å²) in [6.45, 7) is 6.22. The standard InChI is InChI=1S/C16H21N3O3/c1-4-10(2)15(20)9-17-13-8-11(3)18-16-12(13)6-5-7-14(16)19(21)22/h5-8,10,15,20H,4,9H2,1-3H3,(H,17,18). The number of nitrogens with one attached hydrogen (secondary N) is 1. The normalized spacial score (nSPS) is 13.8. The first-order chi connectivity index (χ1) is 10.4. The van der Waals surface area contributed by atoms with Gasteiger partial charge in [0.05, 0.1) is 11.0 Å². The maximum absolute atomic E-state index is 11.1. The maximum atomic E-state index is 11.1. The molecule has 0 saturated carbocycles. The van der Waals surface area contributed by atoms with Gasteiger partial charge in [0.2, 0.25) is 0 Å². The van der Waals surface area contributed by atoms with E-state index in [9.17, 15) is 15.2 Å². The maximum Gasteiger partial charge on any atom is 0.295 e. The second-order valence-corrected chi connectivity index (χ2v) is 5.58. The smallest absolute Gasteiger partial charge is 0.295 e. The van der Waals surface area contributed by atoms with Crippen LogP contribution in [-0.2, 0) is 0 Å². The van der Waals surface area contributed by atoms with Crippen LogP contribution in [0, 0.1) is 23.0 Å². The number of hydrogen-bond acceptors (Lipinski definition) is 5. The number of nitro benzene ring substituents is 1. The summed E-state index contributed by atoms with van der Waals surface area (Å²) in [5, 5.41) is 25.1. The van der Waals surface area contributed by atoms with E-state index in [1.165, 1.54) is 6.07 Å². The fourth-order valence-corrected chi connectivity index (χ4v) is 2.34. The van der Waals surface area contributed by atoms with Crippen molar-refractivity contribution in [3.63, 3.8) is 0 Å². The number of anilines is 1. The van der Waals surface area contributed by atoms with Gasteiger partial charge in [-0.3, -0.25) is 10.1 Å². The van der Waals surface area contributed by atoms with E-state index >= 15 is 0 Å². The molecule has 6 nitrogen and oxygen atoms in total. The molecule has 118 valence electrons. The number of benzene rings is 1. The lowest BCUT2D eigenvalue weighted by Crippen LogP contribution is -2.26. The van der Waals surface area contributed by atoms with Gasteiger partial charge in [-0.2, -0.15) is 0 Å². The van der Waals surface area contributed by atoms with E-state index in [1.54, 1.807) is 19.1 Å². The van der Waals surface area contributed by atoms with Gasteiger partial charge in [-0.1, -0.05) is 32.4 Å². The van der Waals surface area contributed by atoms with Crippen molar-refractivity contribution in [1.82, 2.24) is 4.98 Å². The molecule has 0 amide bonds. The van der Waals surface area contributed by atoms with Crippen molar-refractivity contribution in [3.05, 3.63) is 40.1 Å². The molecule has 2 rings (SSSR count). The van der Waals surface area contributed by atoms with Crippen LogP contribution in [0.1, 0.15) is 26.0 Å². The van der Waals surface area contributed by atoms with Gasteiger partial charge in [0, 0.05) is 29.4 Å². The molecular weight excluding hydrogens is 282 g/mol. The molecule has 0 aliphatic heterocycles. The number of nitrogens with zero attached hydrogens (tertiary/aromatic N) is 2. The van der Waals surface area contributed by atoms with E-state index in [1.807, 2.05) is 19.9 Å². The topological polar surface area (TPSA) is 88.3 Å². The van der Waals surface area contributed by atoms with E-state index in [4.69, 9.17) is 0 Å². The summed E-state index contributed by atoms with van der Waals surface area (Å²) in [5.41, 5.74) is 1.82. The van der Waals surface area contributed by atoms with Crippen LogP contribution in [0.3, 0.4) is 0 Å². The lowest BCUT2D eigenvalue weighted by Gasteiger charge is -2.19. The minimum absolute atomic E-state index is 0.00766. The lowest BCUT2D eigenvalue weighted by molar-refractivity contribution is -0.383. The predicted molar refractivity (Wildman–Crippen MR) is 87.1 cm³/mol. The molecule has 6 heteroatoms. The quantitative estimate of drug-likeness (QED) is 0.631. The average molecular weight is 303 g/mol. The number of para-hydroxylation sites is 1. The van der Waals surface area contributed by atoms with Crippen LogP contribution in [0.15, 0.2) is 24.3 Å². The highest BCUT2D eigenvalue weighted by molar-refractivity contribution is 5.96. The second-order valence-electron chi connectivity index (χ2n) is 5.58. The van der Waals surface area contributed by atoms with E-state index in [2.05, 4.69) is 10.3 Å². The molecule has 0 radical (unpaired) electrons. The van der Waals surface area contributed by atoms with Crippen molar-refractivity contribution in [3.8, 4) is 0 Å². The van der Waals surface area contributed by atoms with E-state index in [0.717, 1.165) is 12.1 Å². The van der Waals surface area contributed by atoms with E-state index in [-0.39, 0.29) is 11.6 Å². The Kier molecular flexibility index (Phi) is 4.92. The molecule has 0 saturated heterocycles. The summed E-state index contributed by atoms with van der Waals surface area (Å²) in [7, 11) is 0. The fraction of sp³-hybridized carbons (Fsp3) is 0.438. The molecule has 1 aromatic carbocycles. The van der Waals surface area contributed by atoms with Crippen LogP contribution in [0.5, 0.6) is 0 Å². The molecule has 2 unspecified atom stereocenters. The number of aliphatic hydroxyl groups is 1. The monoisotopic (exact) mass is 303 g/mol. The van der Waals surface area contributed by atoms with Crippen molar-refractivity contribution in [2.24, 2.45) is 5.92 Å². The number of aliphatic hydroxyl groups excluding tert-OH is 1. The number of aromatic nitrogens is 1. The van der Waals surface area contributed by atoms with Crippen LogP contribution in [0.2, 0.25) is 0 Å². The van der Waals surface area contributed by atoms with Gasteiger partial charge in [0.15, 0.2) is 5.52 Å². The molecule has 0 aliphatic carbocycles. The minimum Gasteiger partial charge on any atom is -0.391 e. The van der Waals surface area contributed by atoms with Gasteiger partial charge in [-0.05, 0) is 18.9 Å². The number of rotatable bonds is 6. The zero-order valence-corrected chi connectivity index (χ0v) is 13.0. The number of hydrogen-bond donors (Lipinski definition) is 2. The Morgan fingerprint density at radius 3 is 2.82 bits per heavy atom. The molecule has 1 heterocycles. The van der Waals surface area contributed by atoms with Gasteiger partial charge < -0.3 is 10.4 Å². The highest BCUT2D eigenvalue weighted by atomic mass is 16.6. The molecule has 2 aromatic rings. The van der Waals surface area contributed by atoms with Gasteiger partial charge >= 0.3 is 0 Å². The Hall–Kier alpha value is -2.21. The van der Waals surface area contributed by atoms with Gasteiger partial charge in [0.25, 0.3) is 5.69 Å². The molecular formula is C16H21N3O3. The van der Waals surface area contributed by atoms with Crippen LogP contribution in [0.4, 0.5) is 11.4 Å². The Bertz CT molecular complexity index is 688. The fourth-order valence-electron chi connectivity index (χ4n) is 2.34. The second kappa shape index (κ2) is 6.70. The van der Waals surface area contributed by atoms with Gasteiger partial charge in [0.1, 0.15) is 0 Å². The van der Waals surface area contributed by atoms with Gasteiger partial charge in [-0.15, -0.1) is 0 Å². The molecule has 22 heavy (non-hydrogen) atoms. The van der Waals surface area contributed by atoms with Gasteiger partial charge in [-0.25, -0.2) is 4.98 Å². The number of fused-ring (bicyclic) bond motifs is 1. The summed E-state index contributed by atoms with van der Waals surface area (Å²) < 4.78 is 0. The van der Waals surface area contributed by atoms with E-state index in [0.29, 0.717) is 23.1 Å². The molecule has 2 N–H and O–H groups in total. The summed E-state index contributed by atoms with van der Waals surface area (Å²) in [5.74, 6) is 0.191. The molecule has 0 aliphatic rings. The Morgan fingerprint density at radius 1 is 1.45 bits per heavy atom. The van der Waals surface area contributed by atoms with Crippen molar-refractivity contribution in [1.29, 1.82) is 0 Å². The first-order valence-corrected chi connectivity index (χ1v) is 7.40. The highest BCUT2D eigenvalue weighted by Crippen LogP contribution is 2.29. The summed E-state index contributed by atoms with van der Waals surface area (Å²) in [6, 6.07) is 6.74. The number of pyridine rings is 1. The van der Waals surface area contributed by atoms with Crippen molar-refractivity contribution in [2.75, 3.05) is 11.9 Å². The summed E-state index contributed by atoms with van der Waals surface area (Å²) in [6.07, 6.45) is 0.428. The zero-order valence-electron chi connectivity index (χ0n) is 13.0. The predicted octanol–water partition coefficient (Wildman–Crippen LogP) is 3.27. The summed E-state index contributed by atoms with van der Waals surface area (Å²) in [4.78, 5) is 15.0. The number of non-ortho nitro benzene ring substituents is 1. The third-order valence-electron chi connectivity index (χ3n) is 3.95. The summed E-state index contributed by atoms with van der Waals surface area (Å²) >= 11 is 0. The largest absolute Gasteiger partial charge is 0.391 e. The van der Waals surface area contributed by atoms with E-state index < -0.39 is 11.0 Å². The van der Waals surface area contributed by atoms with Crippen molar-refractivity contribution in [2.45, 2.75) is 33.3 Å². The number of nitro groups is 1. The van der Waals surface area contributed by atoms with Crippen LogP contribution in [0.25, 0.3) is 10.9 Å². The van der Waals surface area contributed by atoms with Crippen LogP contribution in [-0.4, -0.2) is 27.7 Å². The molecule has 0 bridgehead atoms. The molecule has 1 aromatic heterocycles. The first kappa shape index (κ1) is 16.2. The molecule has 0 fully saturated rings. The van der Waals surface area contributed by atoms with Crippen molar-refractivity contribution >= 4 is 22.3 Å². The highest BCUT2D eigenvalue weighted by Gasteiger charge is 2.17. The third kappa shape index (κ3) is 3.33. The average Bonchev–Trinajstić information content (AvgIpc) is 2.50. The zero-order chi connectivity index (χ0) is 16.3. The third-order valence-corrected chi connectivity index (χ3v) is 3.95. The molecule has 0 spiro atoms. The van der Waals surface area contributed by atoms with Crippen molar-refractivity contribution < 1.29 is 10.0 Å². The Morgan fingerprint density at radius 2 is 2.18 bits per heavy atom.